The van der Waals surface area contributed by atoms with Gasteiger partial charge in [-0.3, -0.25) is 0 Å². The molecule has 2 N–H and O–H groups in total. The number of ether oxygens (including phenoxy) is 1. The van der Waals surface area contributed by atoms with Crippen molar-refractivity contribution in [3.05, 3.63) is 0 Å². The van der Waals surface area contributed by atoms with Crippen LogP contribution in [0.15, 0.2) is 0 Å². The Morgan fingerprint density at radius 2 is 1.95 bits per heavy atom. The van der Waals surface area contributed by atoms with Gasteiger partial charge in [0.25, 0.3) is 0 Å². The molecule has 0 aliphatic heterocycles. The van der Waals surface area contributed by atoms with Gasteiger partial charge >= 0.3 is 0 Å². The Balaban J connectivity index is 1.88. The Morgan fingerprint density at radius 1 is 1.19 bits per heavy atom. The predicted molar refractivity (Wildman–Crippen MR) is 87.5 cm³/mol. The van der Waals surface area contributed by atoms with Crippen LogP contribution in [0.5, 0.6) is 0 Å². The van der Waals surface area contributed by atoms with E-state index >= 15 is 0 Å². The van der Waals surface area contributed by atoms with Gasteiger partial charge in [0, 0.05) is 11.6 Å². The number of hydrogen-bond acceptors (Lipinski definition) is 3. The summed E-state index contributed by atoms with van der Waals surface area (Å²) in [6.07, 6.45) is 11.6. The van der Waals surface area contributed by atoms with Gasteiger partial charge in [0.1, 0.15) is 0 Å². The van der Waals surface area contributed by atoms with Crippen molar-refractivity contribution in [2.24, 2.45) is 5.92 Å². The third-order valence-corrected chi connectivity index (χ3v) is 5.39. The lowest BCUT2D eigenvalue weighted by Crippen LogP contribution is -2.55. The van der Waals surface area contributed by atoms with E-state index in [1.54, 1.807) is 0 Å². The fourth-order valence-electron chi connectivity index (χ4n) is 4.37. The zero-order valence-corrected chi connectivity index (χ0v) is 14.2. The molecule has 21 heavy (non-hydrogen) atoms. The molecule has 0 bridgehead atoms. The average Bonchev–Trinajstić information content (AvgIpc) is 2.47. The molecule has 3 nitrogen and oxygen atoms in total. The maximum Gasteiger partial charge on any atom is 0.0614 e. The molecule has 3 heteroatoms. The number of aliphatic hydroxyl groups excluding tert-OH is 1. The van der Waals surface area contributed by atoms with Gasteiger partial charge in [-0.25, -0.2) is 0 Å². The maximum absolute atomic E-state index is 9.88. The fraction of sp³-hybridized carbons (Fsp3) is 1.00. The highest BCUT2D eigenvalue weighted by atomic mass is 16.5. The first-order chi connectivity index (χ1) is 10.1. The quantitative estimate of drug-likeness (QED) is 0.786. The molecule has 0 spiro atoms. The summed E-state index contributed by atoms with van der Waals surface area (Å²) in [7, 11) is 0. The Morgan fingerprint density at radius 3 is 2.62 bits per heavy atom. The Bertz CT molecular complexity index is 308. The third-order valence-electron chi connectivity index (χ3n) is 5.39. The molecule has 0 radical (unpaired) electrons. The molecule has 2 fully saturated rings. The Labute approximate surface area is 130 Å². The van der Waals surface area contributed by atoms with Crippen molar-refractivity contribution in [3.8, 4) is 0 Å². The van der Waals surface area contributed by atoms with Crippen LogP contribution in [0.4, 0.5) is 0 Å². The molecule has 2 aliphatic carbocycles. The molecule has 124 valence electrons. The first-order valence-corrected chi connectivity index (χ1v) is 9.11. The second-order valence-electron chi connectivity index (χ2n) is 7.65. The minimum atomic E-state index is -0.115. The van der Waals surface area contributed by atoms with Crippen LogP contribution < -0.4 is 5.32 Å². The van der Waals surface area contributed by atoms with Crippen LogP contribution in [-0.2, 0) is 4.74 Å². The van der Waals surface area contributed by atoms with Gasteiger partial charge in [-0.05, 0) is 44.4 Å². The van der Waals surface area contributed by atoms with Crippen molar-refractivity contribution in [2.75, 3.05) is 6.61 Å². The number of rotatable bonds is 6. The Hall–Kier alpha value is -0.120. The molecular formula is C18H35NO2. The Kier molecular flexibility index (Phi) is 6.51. The van der Waals surface area contributed by atoms with E-state index in [-0.39, 0.29) is 12.1 Å². The maximum atomic E-state index is 9.88. The van der Waals surface area contributed by atoms with E-state index in [0.29, 0.717) is 18.2 Å². The first-order valence-electron chi connectivity index (χ1n) is 9.11. The summed E-state index contributed by atoms with van der Waals surface area (Å²) >= 11 is 0. The van der Waals surface area contributed by atoms with Crippen LogP contribution in [0.3, 0.4) is 0 Å². The number of nitrogens with one attached hydrogen (secondary N) is 1. The second-order valence-corrected chi connectivity index (χ2v) is 7.65. The van der Waals surface area contributed by atoms with Crippen LogP contribution in [0, 0.1) is 5.92 Å². The summed E-state index contributed by atoms with van der Waals surface area (Å²) in [6.45, 7) is 6.86. The highest BCUT2D eigenvalue weighted by Crippen LogP contribution is 2.34. The molecular weight excluding hydrogens is 262 g/mol. The van der Waals surface area contributed by atoms with Gasteiger partial charge in [0.15, 0.2) is 0 Å². The zero-order chi connectivity index (χ0) is 15.3. The van der Waals surface area contributed by atoms with Crippen molar-refractivity contribution in [1.29, 1.82) is 0 Å². The first kappa shape index (κ1) is 17.2. The predicted octanol–water partition coefficient (Wildman–Crippen LogP) is 3.64. The van der Waals surface area contributed by atoms with Gasteiger partial charge in [-0.1, -0.05) is 40.0 Å². The van der Waals surface area contributed by atoms with E-state index in [1.807, 2.05) is 0 Å². The molecule has 0 aromatic rings. The molecule has 0 amide bonds. The fourth-order valence-corrected chi connectivity index (χ4v) is 4.37. The summed E-state index contributed by atoms with van der Waals surface area (Å²) in [5, 5.41) is 13.5. The van der Waals surface area contributed by atoms with Crippen molar-refractivity contribution in [1.82, 2.24) is 5.32 Å². The largest absolute Gasteiger partial charge is 0.394 e. The standard InChI is InChI=1S/C18H35NO2/c1-4-15-7-5-8-16(11-15)21-17-9-6-10-18(12-17,13-20)19-14(2)3/h14-17,19-20H,4-13H2,1-3H3. The van der Waals surface area contributed by atoms with E-state index < -0.39 is 0 Å². The summed E-state index contributed by atoms with van der Waals surface area (Å²) < 4.78 is 6.45. The third kappa shape index (κ3) is 4.94. The van der Waals surface area contributed by atoms with Gasteiger partial charge < -0.3 is 15.2 Å². The smallest absolute Gasteiger partial charge is 0.0614 e. The summed E-state index contributed by atoms with van der Waals surface area (Å²) in [6, 6.07) is 0.412. The SMILES string of the molecule is CCC1CCCC(OC2CCCC(CO)(NC(C)C)C2)C1. The molecule has 4 unspecified atom stereocenters. The molecule has 2 aliphatic rings. The summed E-state index contributed by atoms with van der Waals surface area (Å²) in [4.78, 5) is 0. The van der Waals surface area contributed by atoms with Gasteiger partial charge in [0.2, 0.25) is 0 Å². The lowest BCUT2D eigenvalue weighted by Gasteiger charge is -2.43. The molecule has 2 saturated carbocycles. The van der Waals surface area contributed by atoms with Crippen LogP contribution in [0.2, 0.25) is 0 Å². The van der Waals surface area contributed by atoms with Crippen molar-refractivity contribution in [3.63, 3.8) is 0 Å². The molecule has 0 heterocycles. The van der Waals surface area contributed by atoms with Crippen LogP contribution in [0.1, 0.15) is 78.6 Å². The van der Waals surface area contributed by atoms with E-state index in [1.165, 1.54) is 32.1 Å². The highest BCUT2D eigenvalue weighted by Gasteiger charge is 2.37. The second kappa shape index (κ2) is 7.94. The van der Waals surface area contributed by atoms with Crippen molar-refractivity contribution in [2.45, 2.75) is 102 Å². The number of hydrogen-bond donors (Lipinski definition) is 2. The summed E-state index contributed by atoms with van der Waals surface area (Å²) in [5.41, 5.74) is -0.115. The van der Waals surface area contributed by atoms with Gasteiger partial charge in [0.05, 0.1) is 18.8 Å². The van der Waals surface area contributed by atoms with Crippen LogP contribution in [0.25, 0.3) is 0 Å². The molecule has 4 atom stereocenters. The zero-order valence-electron chi connectivity index (χ0n) is 14.2. The topological polar surface area (TPSA) is 41.5 Å². The molecule has 0 aromatic carbocycles. The van der Waals surface area contributed by atoms with Crippen molar-refractivity contribution >= 4 is 0 Å². The van der Waals surface area contributed by atoms with Crippen LogP contribution >= 0.6 is 0 Å². The molecule has 0 saturated heterocycles. The lowest BCUT2D eigenvalue weighted by molar-refractivity contribution is -0.0768. The van der Waals surface area contributed by atoms with Gasteiger partial charge in [-0.2, -0.15) is 0 Å². The summed E-state index contributed by atoms with van der Waals surface area (Å²) in [5.74, 6) is 0.865. The van der Waals surface area contributed by atoms with E-state index in [0.717, 1.165) is 31.6 Å². The van der Waals surface area contributed by atoms with Gasteiger partial charge in [-0.15, -0.1) is 0 Å². The molecule has 0 aromatic heterocycles. The van der Waals surface area contributed by atoms with Crippen LogP contribution in [-0.4, -0.2) is 35.5 Å². The molecule has 2 rings (SSSR count). The average molecular weight is 297 g/mol. The highest BCUT2D eigenvalue weighted by molar-refractivity contribution is 4.95. The van der Waals surface area contributed by atoms with E-state index in [4.69, 9.17) is 4.74 Å². The normalized spacial score (nSPS) is 37.9. The minimum Gasteiger partial charge on any atom is -0.394 e. The van der Waals surface area contributed by atoms with Crippen molar-refractivity contribution < 1.29 is 9.84 Å². The van der Waals surface area contributed by atoms with E-state index in [2.05, 4.69) is 26.1 Å². The minimum absolute atomic E-state index is 0.115. The van der Waals surface area contributed by atoms with E-state index in [9.17, 15) is 5.11 Å². The lowest BCUT2D eigenvalue weighted by atomic mass is 9.79. The monoisotopic (exact) mass is 297 g/mol. The number of aliphatic hydroxyl groups is 1.